The Morgan fingerprint density at radius 3 is 2.66 bits per heavy atom. The number of anilines is 1. The summed E-state index contributed by atoms with van der Waals surface area (Å²) in [5, 5.41) is 2.85. The summed E-state index contributed by atoms with van der Waals surface area (Å²) in [7, 11) is 0. The summed E-state index contributed by atoms with van der Waals surface area (Å²) in [4.78, 5) is 43.5. The lowest BCUT2D eigenvalue weighted by Crippen LogP contribution is -2.20. The van der Waals surface area contributed by atoms with Crippen molar-refractivity contribution < 1.29 is 14.4 Å². The lowest BCUT2D eigenvalue weighted by molar-refractivity contribution is -0.110. The normalized spacial score (nSPS) is 17.1. The van der Waals surface area contributed by atoms with Crippen LogP contribution in [0.15, 0.2) is 22.7 Å². The summed E-state index contributed by atoms with van der Waals surface area (Å²) >= 11 is 3.45. The number of ketones is 2. The van der Waals surface area contributed by atoms with Gasteiger partial charge < -0.3 is 15.2 Å². The van der Waals surface area contributed by atoms with Gasteiger partial charge in [0, 0.05) is 27.7 Å². The second kappa shape index (κ2) is 9.55. The zero-order valence-corrected chi connectivity index (χ0v) is 20.1. The lowest BCUT2D eigenvalue weighted by atomic mass is 10.0. The highest BCUT2D eigenvalue weighted by atomic mass is 79.9. The van der Waals surface area contributed by atoms with Crippen LogP contribution in [-0.4, -0.2) is 47.0 Å². The second-order valence-corrected chi connectivity index (χ2v) is 9.52. The van der Waals surface area contributed by atoms with Crippen molar-refractivity contribution in [2.24, 2.45) is 0 Å². The first-order chi connectivity index (χ1) is 15.3. The number of rotatable bonds is 8. The molecular weight excluding hydrogens is 470 g/mol. The van der Waals surface area contributed by atoms with Crippen LogP contribution in [-0.2, 0) is 4.79 Å². The van der Waals surface area contributed by atoms with Crippen LogP contribution < -0.4 is 5.32 Å². The number of aromatic nitrogens is 1. The SMILES string of the molecule is CC(=O)c1c(/C=C2\C(=O)Nc3ccc(Br)cc32)[nH]c(C(=O)CCCCN2CCCC2)c1C. The molecule has 2 aromatic rings. The monoisotopic (exact) mass is 497 g/mol. The number of carbonyl (C=O) groups is 3. The van der Waals surface area contributed by atoms with Crippen LogP contribution in [0.4, 0.5) is 5.69 Å². The van der Waals surface area contributed by atoms with E-state index in [9.17, 15) is 14.4 Å². The third kappa shape index (κ3) is 4.64. The van der Waals surface area contributed by atoms with Gasteiger partial charge in [0.25, 0.3) is 5.91 Å². The number of amides is 1. The van der Waals surface area contributed by atoms with E-state index in [-0.39, 0.29) is 17.5 Å². The molecular formula is C25H28BrN3O3. The highest BCUT2D eigenvalue weighted by Crippen LogP contribution is 2.36. The van der Waals surface area contributed by atoms with Gasteiger partial charge in [-0.25, -0.2) is 0 Å². The van der Waals surface area contributed by atoms with E-state index in [4.69, 9.17) is 0 Å². The highest BCUT2D eigenvalue weighted by molar-refractivity contribution is 9.10. The van der Waals surface area contributed by atoms with Crippen LogP contribution >= 0.6 is 15.9 Å². The standard InChI is InChI=1S/C25H28BrN3O3/c1-15-23(16(2)30)21(14-19-18-13-17(26)8-9-20(18)28-25(19)32)27-24(15)22(31)7-3-4-10-29-11-5-6-12-29/h8-9,13-14,27H,3-7,10-12H2,1-2H3,(H,28,32)/b19-14-. The molecule has 2 aliphatic rings. The average Bonchev–Trinajstić information content (AvgIpc) is 3.44. The number of halogens is 1. The van der Waals surface area contributed by atoms with E-state index in [0.29, 0.717) is 34.5 Å². The predicted molar refractivity (Wildman–Crippen MR) is 130 cm³/mol. The Kier molecular flexibility index (Phi) is 6.76. The van der Waals surface area contributed by atoms with E-state index in [0.717, 1.165) is 48.2 Å². The van der Waals surface area contributed by atoms with Crippen molar-refractivity contribution in [2.45, 2.75) is 46.0 Å². The maximum atomic E-state index is 12.9. The Hall–Kier alpha value is -2.51. The summed E-state index contributed by atoms with van der Waals surface area (Å²) in [6.45, 7) is 6.65. The van der Waals surface area contributed by atoms with Gasteiger partial charge in [-0.05, 0) is 89.0 Å². The molecule has 0 atom stereocenters. The molecule has 1 aromatic carbocycles. The topological polar surface area (TPSA) is 82.3 Å². The molecule has 0 aliphatic carbocycles. The summed E-state index contributed by atoms with van der Waals surface area (Å²) < 4.78 is 0.859. The number of hydrogen-bond acceptors (Lipinski definition) is 4. The van der Waals surface area contributed by atoms with Gasteiger partial charge in [-0.2, -0.15) is 0 Å². The molecule has 32 heavy (non-hydrogen) atoms. The number of hydrogen-bond donors (Lipinski definition) is 2. The molecule has 0 unspecified atom stereocenters. The number of benzene rings is 1. The van der Waals surface area contributed by atoms with Gasteiger partial charge in [-0.15, -0.1) is 0 Å². The molecule has 0 bridgehead atoms. The maximum absolute atomic E-state index is 12.9. The van der Waals surface area contributed by atoms with E-state index >= 15 is 0 Å². The summed E-state index contributed by atoms with van der Waals surface area (Å²) in [5.41, 5.74) is 4.06. The van der Waals surface area contributed by atoms with Gasteiger partial charge in [0.15, 0.2) is 11.6 Å². The Morgan fingerprint density at radius 2 is 1.94 bits per heavy atom. The van der Waals surface area contributed by atoms with E-state index in [1.54, 1.807) is 13.0 Å². The minimum Gasteiger partial charge on any atom is -0.352 e. The largest absolute Gasteiger partial charge is 0.352 e. The number of unbranched alkanes of at least 4 members (excludes halogenated alkanes) is 1. The van der Waals surface area contributed by atoms with Crippen LogP contribution in [0.1, 0.15) is 76.7 Å². The Bertz CT molecular complexity index is 1110. The summed E-state index contributed by atoms with van der Waals surface area (Å²) in [5.74, 6) is -0.351. The van der Waals surface area contributed by atoms with Gasteiger partial charge in [0.2, 0.25) is 0 Å². The molecule has 2 N–H and O–H groups in total. The third-order valence-electron chi connectivity index (χ3n) is 6.29. The zero-order chi connectivity index (χ0) is 22.8. The molecule has 3 heterocycles. The highest BCUT2D eigenvalue weighted by Gasteiger charge is 2.27. The van der Waals surface area contributed by atoms with Gasteiger partial charge in [-0.3, -0.25) is 14.4 Å². The van der Waals surface area contributed by atoms with Crippen molar-refractivity contribution in [1.82, 2.24) is 9.88 Å². The first-order valence-electron chi connectivity index (χ1n) is 11.2. The number of fused-ring (bicyclic) bond motifs is 1. The lowest BCUT2D eigenvalue weighted by Gasteiger charge is -2.13. The molecule has 168 valence electrons. The molecule has 1 amide bonds. The smallest absolute Gasteiger partial charge is 0.256 e. The zero-order valence-electron chi connectivity index (χ0n) is 18.5. The van der Waals surface area contributed by atoms with Crippen molar-refractivity contribution in [3.8, 4) is 0 Å². The first kappa shape index (κ1) is 22.7. The number of nitrogens with zero attached hydrogens (tertiary/aromatic N) is 1. The van der Waals surface area contributed by atoms with Gasteiger partial charge in [0.05, 0.1) is 17.0 Å². The fourth-order valence-corrected chi connectivity index (χ4v) is 5.02. The van der Waals surface area contributed by atoms with Gasteiger partial charge in [0.1, 0.15) is 0 Å². The summed E-state index contributed by atoms with van der Waals surface area (Å²) in [6.07, 6.45) is 6.48. The quantitative estimate of drug-likeness (QED) is 0.297. The van der Waals surface area contributed by atoms with Crippen molar-refractivity contribution in [3.63, 3.8) is 0 Å². The Morgan fingerprint density at radius 1 is 1.19 bits per heavy atom. The fraction of sp³-hybridized carbons (Fsp3) is 0.400. The van der Waals surface area contributed by atoms with Crippen LogP contribution in [0.3, 0.4) is 0 Å². The molecule has 1 saturated heterocycles. The van der Waals surface area contributed by atoms with E-state index < -0.39 is 0 Å². The number of carbonyl (C=O) groups excluding carboxylic acids is 3. The minimum atomic E-state index is -0.227. The fourth-order valence-electron chi connectivity index (χ4n) is 4.66. The van der Waals surface area contributed by atoms with Crippen LogP contribution in [0.5, 0.6) is 0 Å². The van der Waals surface area contributed by atoms with Crippen molar-refractivity contribution in [3.05, 3.63) is 50.8 Å². The molecule has 1 fully saturated rings. The molecule has 0 radical (unpaired) electrons. The molecule has 7 heteroatoms. The third-order valence-corrected chi connectivity index (χ3v) is 6.78. The van der Waals surface area contributed by atoms with Crippen molar-refractivity contribution >= 4 is 50.7 Å². The number of aromatic amines is 1. The minimum absolute atomic E-state index is 0.00934. The molecule has 2 aliphatic heterocycles. The average molecular weight is 498 g/mol. The van der Waals surface area contributed by atoms with Crippen LogP contribution in [0.2, 0.25) is 0 Å². The van der Waals surface area contributed by atoms with Crippen molar-refractivity contribution in [2.75, 3.05) is 25.0 Å². The number of H-pyrrole nitrogens is 1. The van der Waals surface area contributed by atoms with Crippen molar-refractivity contribution in [1.29, 1.82) is 0 Å². The first-order valence-corrected chi connectivity index (χ1v) is 12.0. The molecule has 6 nitrogen and oxygen atoms in total. The number of Topliss-reactive ketones (excluding diaryl/α,β-unsaturated/α-hetero) is 2. The Balaban J connectivity index is 1.56. The number of nitrogens with one attached hydrogen (secondary N) is 2. The van der Waals surface area contributed by atoms with Crippen LogP contribution in [0, 0.1) is 6.92 Å². The maximum Gasteiger partial charge on any atom is 0.256 e. The van der Waals surface area contributed by atoms with Gasteiger partial charge >= 0.3 is 0 Å². The molecule has 1 aromatic heterocycles. The van der Waals surface area contributed by atoms with E-state index in [2.05, 4.69) is 31.1 Å². The van der Waals surface area contributed by atoms with E-state index in [1.165, 1.54) is 19.8 Å². The molecule has 0 saturated carbocycles. The summed E-state index contributed by atoms with van der Waals surface area (Å²) in [6, 6.07) is 5.57. The van der Waals surface area contributed by atoms with E-state index in [1.807, 2.05) is 18.2 Å². The Labute approximate surface area is 196 Å². The van der Waals surface area contributed by atoms with Crippen LogP contribution in [0.25, 0.3) is 11.6 Å². The van der Waals surface area contributed by atoms with Gasteiger partial charge in [-0.1, -0.05) is 15.9 Å². The number of likely N-dealkylation sites (tertiary alicyclic amines) is 1. The predicted octanol–water partition coefficient (Wildman–Crippen LogP) is 5.23. The second-order valence-electron chi connectivity index (χ2n) is 8.60. The molecule has 4 rings (SSSR count). The molecule has 0 spiro atoms.